The smallest absolute Gasteiger partial charge is 0.321 e. The minimum absolute atomic E-state index is 0.140. The van der Waals surface area contributed by atoms with E-state index < -0.39 is 0 Å². The Morgan fingerprint density at radius 1 is 1.25 bits per heavy atom. The second-order valence-corrected chi connectivity index (χ2v) is 5.60. The van der Waals surface area contributed by atoms with Crippen LogP contribution in [0.5, 0.6) is 0 Å². The number of nitrogens with one attached hydrogen (secondary N) is 1. The van der Waals surface area contributed by atoms with Crippen molar-refractivity contribution in [1.29, 1.82) is 0 Å². The predicted molar refractivity (Wildman–Crippen MR) is 64.4 cm³/mol. The number of carbonyl (C=O) groups excluding carboxylic acids is 2. The normalized spacial score (nSPS) is 31.4. The number of imide groups is 1. The van der Waals surface area contributed by atoms with Crippen LogP contribution in [0, 0.1) is 0 Å². The first-order chi connectivity index (χ1) is 7.70. The number of hydrogen-bond acceptors (Lipinski definition) is 3. The van der Waals surface area contributed by atoms with Crippen LogP contribution in [0.1, 0.15) is 32.1 Å². The topological polar surface area (TPSA) is 49.4 Å². The summed E-state index contributed by atoms with van der Waals surface area (Å²) in [6.07, 6.45) is 7.12. The molecule has 2 aliphatic rings. The molecule has 0 radical (unpaired) electrons. The van der Waals surface area contributed by atoms with Gasteiger partial charge in [-0.05, 0) is 31.9 Å². The molecule has 2 rings (SSSR count). The van der Waals surface area contributed by atoms with Crippen LogP contribution in [0.4, 0.5) is 4.79 Å². The summed E-state index contributed by atoms with van der Waals surface area (Å²) in [5.74, 6) is -0.140. The first-order valence-corrected chi connectivity index (χ1v) is 7.12. The maximum atomic E-state index is 11.6. The van der Waals surface area contributed by atoms with Crippen LogP contribution >= 0.6 is 11.8 Å². The van der Waals surface area contributed by atoms with Crippen molar-refractivity contribution in [3.8, 4) is 0 Å². The maximum absolute atomic E-state index is 11.6. The van der Waals surface area contributed by atoms with Crippen LogP contribution in [0.25, 0.3) is 0 Å². The maximum Gasteiger partial charge on any atom is 0.324 e. The quantitative estimate of drug-likeness (QED) is 0.800. The van der Waals surface area contributed by atoms with E-state index >= 15 is 0 Å². The summed E-state index contributed by atoms with van der Waals surface area (Å²) in [5.41, 5.74) is 0. The molecule has 1 aliphatic carbocycles. The third kappa shape index (κ3) is 2.51. The second kappa shape index (κ2) is 5.08. The van der Waals surface area contributed by atoms with E-state index in [0.29, 0.717) is 19.0 Å². The monoisotopic (exact) mass is 242 g/mol. The lowest BCUT2D eigenvalue weighted by Crippen LogP contribution is -2.54. The molecule has 3 amide bonds. The fourth-order valence-electron chi connectivity index (χ4n) is 2.52. The summed E-state index contributed by atoms with van der Waals surface area (Å²) in [7, 11) is 0. The average Bonchev–Trinajstić information content (AvgIpc) is 2.29. The number of urea groups is 1. The van der Waals surface area contributed by atoms with Gasteiger partial charge in [0, 0.05) is 24.3 Å². The SMILES string of the molecule is CSC1CCC(N2CCC(=O)NC2=O)CC1. The molecular weight excluding hydrogens is 224 g/mol. The van der Waals surface area contributed by atoms with Gasteiger partial charge in [-0.2, -0.15) is 11.8 Å². The van der Waals surface area contributed by atoms with E-state index in [2.05, 4.69) is 11.6 Å². The summed E-state index contributed by atoms with van der Waals surface area (Å²) in [6.45, 7) is 0.596. The Hall–Kier alpha value is -0.710. The van der Waals surface area contributed by atoms with Crippen LogP contribution in [-0.2, 0) is 4.79 Å². The van der Waals surface area contributed by atoms with Crippen molar-refractivity contribution in [2.24, 2.45) is 0 Å². The molecule has 1 N–H and O–H groups in total. The largest absolute Gasteiger partial charge is 0.324 e. The van der Waals surface area contributed by atoms with Crippen molar-refractivity contribution >= 4 is 23.7 Å². The van der Waals surface area contributed by atoms with Gasteiger partial charge >= 0.3 is 6.03 Å². The molecule has 0 bridgehead atoms. The van der Waals surface area contributed by atoms with Crippen molar-refractivity contribution in [3.63, 3.8) is 0 Å². The van der Waals surface area contributed by atoms with Crippen LogP contribution in [-0.4, -0.2) is 40.9 Å². The van der Waals surface area contributed by atoms with Crippen molar-refractivity contribution in [3.05, 3.63) is 0 Å². The molecule has 1 saturated carbocycles. The van der Waals surface area contributed by atoms with Crippen LogP contribution < -0.4 is 5.32 Å². The highest BCUT2D eigenvalue weighted by atomic mass is 32.2. The predicted octanol–water partition coefficient (Wildman–Crippen LogP) is 1.60. The standard InChI is InChI=1S/C11H18N2O2S/c1-16-9-4-2-8(3-5-9)13-7-6-10(14)12-11(13)15/h8-9H,2-7H2,1H3,(H,12,14,15). The molecule has 1 aliphatic heterocycles. The summed E-state index contributed by atoms with van der Waals surface area (Å²) >= 11 is 1.92. The minimum Gasteiger partial charge on any atom is -0.321 e. The van der Waals surface area contributed by atoms with Gasteiger partial charge in [0.25, 0.3) is 0 Å². The van der Waals surface area contributed by atoms with E-state index in [1.165, 1.54) is 12.8 Å². The Morgan fingerprint density at radius 3 is 2.50 bits per heavy atom. The number of nitrogens with zero attached hydrogens (tertiary/aromatic N) is 1. The highest BCUT2D eigenvalue weighted by molar-refractivity contribution is 7.99. The zero-order valence-electron chi connectivity index (χ0n) is 9.57. The number of thioether (sulfide) groups is 1. The summed E-state index contributed by atoms with van der Waals surface area (Å²) < 4.78 is 0. The lowest BCUT2D eigenvalue weighted by Gasteiger charge is -2.38. The van der Waals surface area contributed by atoms with Gasteiger partial charge in [-0.3, -0.25) is 10.1 Å². The minimum atomic E-state index is -0.191. The van der Waals surface area contributed by atoms with Gasteiger partial charge in [0.15, 0.2) is 0 Å². The van der Waals surface area contributed by atoms with Crippen LogP contribution in [0.15, 0.2) is 0 Å². The first kappa shape index (κ1) is 11.8. The lowest BCUT2D eigenvalue weighted by atomic mass is 9.93. The fourth-order valence-corrected chi connectivity index (χ4v) is 3.26. The van der Waals surface area contributed by atoms with Crippen molar-refractivity contribution < 1.29 is 9.59 Å². The zero-order valence-corrected chi connectivity index (χ0v) is 10.4. The van der Waals surface area contributed by atoms with Crippen LogP contribution in [0.3, 0.4) is 0 Å². The van der Waals surface area contributed by atoms with E-state index in [4.69, 9.17) is 0 Å². The number of hydrogen-bond donors (Lipinski definition) is 1. The van der Waals surface area contributed by atoms with E-state index in [9.17, 15) is 9.59 Å². The molecule has 16 heavy (non-hydrogen) atoms. The molecule has 0 aromatic carbocycles. The Morgan fingerprint density at radius 2 is 1.94 bits per heavy atom. The Bertz CT molecular complexity index is 288. The first-order valence-electron chi connectivity index (χ1n) is 5.84. The van der Waals surface area contributed by atoms with Gasteiger partial charge < -0.3 is 4.90 Å². The highest BCUT2D eigenvalue weighted by Gasteiger charge is 2.31. The molecule has 0 atom stereocenters. The van der Waals surface area contributed by atoms with E-state index in [1.807, 2.05) is 16.7 Å². The Kier molecular flexibility index (Phi) is 3.74. The van der Waals surface area contributed by atoms with Gasteiger partial charge in [-0.15, -0.1) is 0 Å². The molecular formula is C11H18N2O2S. The molecule has 0 aromatic heterocycles. The Labute approximate surface area is 100 Å². The third-order valence-electron chi connectivity index (χ3n) is 3.50. The Balaban J connectivity index is 1.89. The molecule has 1 heterocycles. The molecule has 0 spiro atoms. The molecule has 2 fully saturated rings. The third-order valence-corrected chi connectivity index (χ3v) is 4.64. The lowest BCUT2D eigenvalue weighted by molar-refractivity contribution is -0.121. The van der Waals surface area contributed by atoms with E-state index in [-0.39, 0.29) is 11.9 Å². The van der Waals surface area contributed by atoms with Gasteiger partial charge in [0.2, 0.25) is 5.91 Å². The molecule has 0 aromatic rings. The van der Waals surface area contributed by atoms with Crippen molar-refractivity contribution in [2.75, 3.05) is 12.8 Å². The molecule has 1 saturated heterocycles. The van der Waals surface area contributed by atoms with Crippen LogP contribution in [0.2, 0.25) is 0 Å². The molecule has 4 nitrogen and oxygen atoms in total. The van der Waals surface area contributed by atoms with Gasteiger partial charge in [0.1, 0.15) is 0 Å². The van der Waals surface area contributed by atoms with Gasteiger partial charge in [-0.25, -0.2) is 4.79 Å². The fraction of sp³-hybridized carbons (Fsp3) is 0.818. The number of amides is 3. The molecule has 90 valence electrons. The van der Waals surface area contributed by atoms with E-state index in [0.717, 1.165) is 18.1 Å². The summed E-state index contributed by atoms with van der Waals surface area (Å²) in [6, 6.07) is 0.153. The molecule has 5 heteroatoms. The van der Waals surface area contributed by atoms with E-state index in [1.54, 1.807) is 0 Å². The summed E-state index contributed by atoms with van der Waals surface area (Å²) in [4.78, 5) is 24.5. The van der Waals surface area contributed by atoms with Gasteiger partial charge in [0.05, 0.1) is 0 Å². The number of rotatable bonds is 2. The van der Waals surface area contributed by atoms with Crippen molar-refractivity contribution in [2.45, 2.75) is 43.4 Å². The average molecular weight is 242 g/mol. The highest BCUT2D eigenvalue weighted by Crippen LogP contribution is 2.30. The zero-order chi connectivity index (χ0) is 11.5. The summed E-state index contributed by atoms with van der Waals surface area (Å²) in [5, 5.41) is 3.15. The molecule has 0 unspecified atom stereocenters. The number of carbonyl (C=O) groups is 2. The van der Waals surface area contributed by atoms with Crippen molar-refractivity contribution in [1.82, 2.24) is 10.2 Å². The van der Waals surface area contributed by atoms with Gasteiger partial charge in [-0.1, -0.05) is 0 Å². The second-order valence-electron chi connectivity index (χ2n) is 4.46.